The van der Waals surface area contributed by atoms with E-state index in [-0.39, 0.29) is 16.7 Å². The van der Waals surface area contributed by atoms with Gasteiger partial charge in [-0.05, 0) is 27.2 Å². The number of nitrogens with one attached hydrogen (secondary N) is 1. The molecule has 0 bridgehead atoms. The first-order valence-corrected chi connectivity index (χ1v) is 8.93. The van der Waals surface area contributed by atoms with Crippen LogP contribution >= 0.6 is 11.8 Å². The van der Waals surface area contributed by atoms with E-state index in [1.165, 1.54) is 11.8 Å². The number of anilines is 1. The minimum atomic E-state index is -0.221. The fraction of sp³-hybridized carbons (Fsp3) is 0.800. The van der Waals surface area contributed by atoms with Gasteiger partial charge in [0.1, 0.15) is 0 Å². The molecular formula is C15H27N5O2S. The lowest BCUT2D eigenvalue weighted by Gasteiger charge is -2.27. The molecule has 0 aliphatic carbocycles. The zero-order valence-corrected chi connectivity index (χ0v) is 15.4. The van der Waals surface area contributed by atoms with Crippen LogP contribution in [0.15, 0.2) is 5.16 Å². The van der Waals surface area contributed by atoms with Gasteiger partial charge in [-0.2, -0.15) is 0 Å². The Labute approximate surface area is 142 Å². The van der Waals surface area contributed by atoms with Gasteiger partial charge in [0.25, 0.3) is 0 Å². The highest BCUT2D eigenvalue weighted by Crippen LogP contribution is 2.25. The van der Waals surface area contributed by atoms with Crippen LogP contribution in [0.2, 0.25) is 0 Å². The van der Waals surface area contributed by atoms with Gasteiger partial charge in [0, 0.05) is 25.7 Å². The summed E-state index contributed by atoms with van der Waals surface area (Å²) in [6, 6.07) is 0. The lowest BCUT2D eigenvalue weighted by atomic mass is 10.0. The van der Waals surface area contributed by atoms with Crippen LogP contribution in [0.25, 0.3) is 0 Å². The summed E-state index contributed by atoms with van der Waals surface area (Å²) >= 11 is 1.43. The number of morpholine rings is 1. The zero-order chi connectivity index (χ0) is 17.0. The third-order valence-corrected chi connectivity index (χ3v) is 5.24. The Bertz CT molecular complexity index is 540. The molecule has 23 heavy (non-hydrogen) atoms. The molecule has 1 unspecified atom stereocenters. The van der Waals surface area contributed by atoms with Gasteiger partial charge in [-0.25, -0.2) is 0 Å². The lowest BCUT2D eigenvalue weighted by Crippen LogP contribution is -2.46. The van der Waals surface area contributed by atoms with Crippen molar-refractivity contribution >= 4 is 23.6 Å². The van der Waals surface area contributed by atoms with E-state index in [2.05, 4.69) is 27.3 Å². The van der Waals surface area contributed by atoms with E-state index in [1.54, 1.807) is 0 Å². The molecular weight excluding hydrogens is 314 g/mol. The van der Waals surface area contributed by atoms with E-state index in [0.29, 0.717) is 13.2 Å². The molecule has 1 amide bonds. The summed E-state index contributed by atoms with van der Waals surface area (Å²) in [6.07, 6.45) is 0.890. The van der Waals surface area contributed by atoms with E-state index in [4.69, 9.17) is 4.74 Å². The van der Waals surface area contributed by atoms with Crippen LogP contribution in [-0.4, -0.2) is 57.8 Å². The maximum atomic E-state index is 12.3. The number of rotatable bonds is 6. The first-order valence-electron chi connectivity index (χ1n) is 8.05. The average Bonchev–Trinajstić information content (AvgIpc) is 2.88. The van der Waals surface area contributed by atoms with E-state index in [1.807, 2.05) is 32.4 Å². The molecule has 1 aliphatic rings. The average molecular weight is 341 g/mol. The molecule has 1 atom stereocenters. The number of hydrogen-bond acceptors (Lipinski definition) is 6. The Balaban J connectivity index is 2.00. The molecule has 1 saturated heterocycles. The van der Waals surface area contributed by atoms with Crippen molar-refractivity contribution in [2.45, 2.75) is 50.1 Å². The quantitative estimate of drug-likeness (QED) is 0.790. The summed E-state index contributed by atoms with van der Waals surface area (Å²) in [5.74, 6) is 0.857. The van der Waals surface area contributed by atoms with Gasteiger partial charge in [0.2, 0.25) is 11.9 Å². The van der Waals surface area contributed by atoms with Crippen LogP contribution < -0.4 is 10.2 Å². The largest absolute Gasteiger partial charge is 0.378 e. The molecule has 1 aliphatic heterocycles. The second-order valence-electron chi connectivity index (χ2n) is 6.43. The molecule has 0 saturated carbocycles. The molecule has 2 rings (SSSR count). The van der Waals surface area contributed by atoms with Crippen molar-refractivity contribution in [3.63, 3.8) is 0 Å². The summed E-state index contributed by atoms with van der Waals surface area (Å²) in [6.45, 7) is 11.1. The predicted octanol–water partition coefficient (Wildman–Crippen LogP) is 1.44. The first-order chi connectivity index (χ1) is 10.8. The van der Waals surface area contributed by atoms with E-state index in [9.17, 15) is 4.79 Å². The third-order valence-electron chi connectivity index (χ3n) is 4.10. The first kappa shape index (κ1) is 18.1. The van der Waals surface area contributed by atoms with Gasteiger partial charge in [-0.3, -0.25) is 9.36 Å². The number of nitrogens with zero attached hydrogens (tertiary/aromatic N) is 4. The molecule has 0 radical (unpaired) electrons. The van der Waals surface area contributed by atoms with Crippen LogP contribution in [0.1, 0.15) is 34.1 Å². The number of carbonyl (C=O) groups excluding carboxylic acids is 1. The second-order valence-corrected chi connectivity index (χ2v) is 7.74. The predicted molar refractivity (Wildman–Crippen MR) is 91.9 cm³/mol. The van der Waals surface area contributed by atoms with Crippen LogP contribution in [0, 0.1) is 0 Å². The fourth-order valence-corrected chi connectivity index (χ4v) is 2.99. The molecule has 1 aromatic heterocycles. The van der Waals surface area contributed by atoms with Gasteiger partial charge in [-0.15, -0.1) is 10.2 Å². The highest BCUT2D eigenvalue weighted by atomic mass is 32.2. The molecule has 1 N–H and O–H groups in total. The molecule has 0 aromatic carbocycles. The van der Waals surface area contributed by atoms with Crippen molar-refractivity contribution in [1.29, 1.82) is 0 Å². The smallest absolute Gasteiger partial charge is 0.233 e. The van der Waals surface area contributed by atoms with Crippen molar-refractivity contribution in [1.82, 2.24) is 20.1 Å². The van der Waals surface area contributed by atoms with Gasteiger partial charge in [0.05, 0.1) is 18.5 Å². The van der Waals surface area contributed by atoms with E-state index in [0.717, 1.165) is 30.6 Å². The van der Waals surface area contributed by atoms with Crippen molar-refractivity contribution in [2.24, 2.45) is 7.05 Å². The van der Waals surface area contributed by atoms with Crippen molar-refractivity contribution < 1.29 is 9.53 Å². The number of aromatic nitrogens is 3. The van der Waals surface area contributed by atoms with Crippen LogP contribution in [-0.2, 0) is 16.6 Å². The van der Waals surface area contributed by atoms with Gasteiger partial charge in [0.15, 0.2) is 5.16 Å². The lowest BCUT2D eigenvalue weighted by molar-refractivity contribution is -0.121. The molecule has 0 spiro atoms. The van der Waals surface area contributed by atoms with Crippen LogP contribution in [0.3, 0.4) is 0 Å². The highest BCUT2D eigenvalue weighted by Gasteiger charge is 2.25. The Morgan fingerprint density at radius 1 is 1.39 bits per heavy atom. The number of carbonyl (C=O) groups is 1. The minimum Gasteiger partial charge on any atom is -0.378 e. The summed E-state index contributed by atoms with van der Waals surface area (Å²) < 4.78 is 7.31. The van der Waals surface area contributed by atoms with Gasteiger partial charge >= 0.3 is 0 Å². The Kier molecular flexibility index (Phi) is 5.91. The maximum absolute atomic E-state index is 12.3. The van der Waals surface area contributed by atoms with E-state index >= 15 is 0 Å². The summed E-state index contributed by atoms with van der Waals surface area (Å²) in [7, 11) is 1.94. The zero-order valence-electron chi connectivity index (χ0n) is 14.6. The maximum Gasteiger partial charge on any atom is 0.233 e. The topological polar surface area (TPSA) is 72.3 Å². The Morgan fingerprint density at radius 2 is 2.04 bits per heavy atom. The minimum absolute atomic E-state index is 0.0257. The monoisotopic (exact) mass is 341 g/mol. The number of ether oxygens (including phenoxy) is 1. The summed E-state index contributed by atoms with van der Waals surface area (Å²) in [5.41, 5.74) is -0.190. The van der Waals surface area contributed by atoms with Crippen molar-refractivity contribution in [2.75, 3.05) is 31.2 Å². The third kappa shape index (κ3) is 4.60. The SMILES string of the molecule is CCC(C)(C)NC(=O)C(C)Sc1nnc(N2CCOCC2)n1C. The van der Waals surface area contributed by atoms with Gasteiger partial charge in [-0.1, -0.05) is 18.7 Å². The van der Waals surface area contributed by atoms with Crippen molar-refractivity contribution in [3.8, 4) is 0 Å². The summed E-state index contributed by atoms with van der Waals surface area (Å²) in [5, 5.41) is 12.1. The Morgan fingerprint density at radius 3 is 2.65 bits per heavy atom. The number of hydrogen-bond donors (Lipinski definition) is 1. The van der Waals surface area contributed by atoms with E-state index < -0.39 is 0 Å². The Hall–Kier alpha value is -1.28. The molecule has 130 valence electrons. The molecule has 7 nitrogen and oxygen atoms in total. The van der Waals surface area contributed by atoms with Crippen molar-refractivity contribution in [3.05, 3.63) is 0 Å². The number of amides is 1. The summed E-state index contributed by atoms with van der Waals surface area (Å²) in [4.78, 5) is 14.5. The molecule has 8 heteroatoms. The molecule has 2 heterocycles. The van der Waals surface area contributed by atoms with Gasteiger partial charge < -0.3 is 15.0 Å². The fourth-order valence-electron chi connectivity index (χ4n) is 2.18. The highest BCUT2D eigenvalue weighted by molar-refractivity contribution is 8.00. The number of thioether (sulfide) groups is 1. The van der Waals surface area contributed by atoms with Crippen LogP contribution in [0.4, 0.5) is 5.95 Å². The second kappa shape index (κ2) is 7.53. The standard InChI is InChI=1S/C15H27N5O2S/c1-6-15(3,4)16-12(21)11(2)23-14-18-17-13(19(14)5)20-7-9-22-10-8-20/h11H,6-10H2,1-5H3,(H,16,21). The normalized spacial score (nSPS) is 17.2. The molecule has 1 aromatic rings. The van der Waals surface area contributed by atoms with Crippen LogP contribution in [0.5, 0.6) is 0 Å². The molecule has 1 fully saturated rings.